The Morgan fingerprint density at radius 2 is 2.12 bits per heavy atom. The molecule has 3 aliphatic rings. The molecule has 1 amide bonds. The van der Waals surface area contributed by atoms with Crippen LogP contribution < -0.4 is 10.6 Å². The fraction of sp³-hybridized carbons (Fsp3) is 0.684. The smallest absolute Gasteiger partial charge is 0.220 e. The molecule has 1 aromatic rings. The lowest BCUT2D eigenvalue weighted by Gasteiger charge is -2.52. The molecule has 1 spiro atoms. The Labute approximate surface area is 144 Å². The second-order valence-corrected chi connectivity index (χ2v) is 7.73. The van der Waals surface area contributed by atoms with Crippen LogP contribution in [0, 0.1) is 0 Å². The van der Waals surface area contributed by atoms with Gasteiger partial charge in [0.1, 0.15) is 0 Å². The van der Waals surface area contributed by atoms with Crippen LogP contribution in [-0.2, 0) is 11.3 Å². The third kappa shape index (κ3) is 3.33. The van der Waals surface area contributed by atoms with Crippen molar-refractivity contribution in [2.24, 2.45) is 0 Å². The number of likely N-dealkylation sites (tertiary alicyclic amines) is 1. The van der Waals surface area contributed by atoms with Gasteiger partial charge in [-0.25, -0.2) is 0 Å². The third-order valence-corrected chi connectivity index (χ3v) is 6.11. The minimum Gasteiger partial charge on any atom is -0.349 e. The summed E-state index contributed by atoms with van der Waals surface area (Å²) in [5, 5.41) is 7.19. The van der Waals surface area contributed by atoms with Crippen molar-refractivity contribution in [2.45, 2.75) is 69.1 Å². The van der Waals surface area contributed by atoms with E-state index in [0.29, 0.717) is 18.5 Å². The van der Waals surface area contributed by atoms with Gasteiger partial charge in [0.2, 0.25) is 5.91 Å². The van der Waals surface area contributed by atoms with Crippen LogP contribution in [0.15, 0.2) is 24.5 Å². The van der Waals surface area contributed by atoms with Crippen molar-refractivity contribution in [3.05, 3.63) is 30.1 Å². The largest absolute Gasteiger partial charge is 0.349 e. The Kier molecular flexibility index (Phi) is 4.55. The highest BCUT2D eigenvalue weighted by Gasteiger charge is 2.48. The molecule has 0 radical (unpaired) electrons. The van der Waals surface area contributed by atoms with Gasteiger partial charge in [-0.1, -0.05) is 6.07 Å². The number of nitrogens with one attached hydrogen (secondary N) is 2. The SMILES string of the molecule is O=C1CCC(NC2CCN(Cc3cccnc3)CC2)C2(CCC2)N1. The lowest BCUT2D eigenvalue weighted by Crippen LogP contribution is -2.69. The molecule has 3 heterocycles. The lowest BCUT2D eigenvalue weighted by atomic mass is 9.68. The summed E-state index contributed by atoms with van der Waals surface area (Å²) in [5.41, 5.74) is 1.37. The van der Waals surface area contributed by atoms with Crippen LogP contribution in [0.5, 0.6) is 0 Å². The summed E-state index contributed by atoms with van der Waals surface area (Å²) in [4.78, 5) is 18.5. The zero-order chi connectivity index (χ0) is 16.4. The molecule has 130 valence electrons. The quantitative estimate of drug-likeness (QED) is 0.885. The summed E-state index contributed by atoms with van der Waals surface area (Å²) < 4.78 is 0. The Morgan fingerprint density at radius 1 is 1.29 bits per heavy atom. The van der Waals surface area contributed by atoms with E-state index in [0.717, 1.165) is 38.9 Å². The van der Waals surface area contributed by atoms with Crippen LogP contribution >= 0.6 is 0 Å². The third-order valence-electron chi connectivity index (χ3n) is 6.11. The van der Waals surface area contributed by atoms with Crippen molar-refractivity contribution in [1.29, 1.82) is 0 Å². The van der Waals surface area contributed by atoms with Gasteiger partial charge in [-0.2, -0.15) is 0 Å². The topological polar surface area (TPSA) is 57.3 Å². The molecule has 1 aliphatic carbocycles. The van der Waals surface area contributed by atoms with E-state index in [9.17, 15) is 4.79 Å². The fourth-order valence-electron chi connectivity index (χ4n) is 4.55. The van der Waals surface area contributed by atoms with Crippen LogP contribution in [0.4, 0.5) is 0 Å². The average Bonchev–Trinajstić information content (AvgIpc) is 2.58. The van der Waals surface area contributed by atoms with Crippen molar-refractivity contribution >= 4 is 5.91 Å². The van der Waals surface area contributed by atoms with E-state index in [-0.39, 0.29) is 11.4 Å². The van der Waals surface area contributed by atoms with Gasteiger partial charge in [0.05, 0.1) is 5.54 Å². The van der Waals surface area contributed by atoms with Crippen LogP contribution in [0.25, 0.3) is 0 Å². The fourth-order valence-corrected chi connectivity index (χ4v) is 4.55. The minimum absolute atomic E-state index is 0.0716. The van der Waals surface area contributed by atoms with Crippen LogP contribution in [0.1, 0.15) is 50.5 Å². The van der Waals surface area contributed by atoms with Crippen LogP contribution in [0.3, 0.4) is 0 Å². The maximum Gasteiger partial charge on any atom is 0.220 e. The lowest BCUT2D eigenvalue weighted by molar-refractivity contribution is -0.128. The van der Waals surface area contributed by atoms with Crippen molar-refractivity contribution < 1.29 is 4.79 Å². The maximum atomic E-state index is 11.8. The number of amides is 1. The summed E-state index contributed by atoms with van der Waals surface area (Å²) in [6, 6.07) is 5.23. The highest BCUT2D eigenvalue weighted by molar-refractivity contribution is 5.78. The van der Waals surface area contributed by atoms with Crippen molar-refractivity contribution in [3.8, 4) is 0 Å². The van der Waals surface area contributed by atoms with E-state index in [1.165, 1.54) is 24.8 Å². The normalized spacial score (nSPS) is 27.7. The molecular weight excluding hydrogens is 300 g/mol. The van der Waals surface area contributed by atoms with Crippen molar-refractivity contribution in [2.75, 3.05) is 13.1 Å². The Hall–Kier alpha value is -1.46. The van der Waals surface area contributed by atoms with Gasteiger partial charge in [0, 0.05) is 37.4 Å². The van der Waals surface area contributed by atoms with Crippen molar-refractivity contribution in [1.82, 2.24) is 20.5 Å². The number of hydrogen-bond acceptors (Lipinski definition) is 4. The molecule has 5 nitrogen and oxygen atoms in total. The average molecular weight is 328 g/mol. The summed E-state index contributed by atoms with van der Waals surface area (Å²) >= 11 is 0. The van der Waals surface area contributed by atoms with E-state index < -0.39 is 0 Å². The van der Waals surface area contributed by atoms with Gasteiger partial charge >= 0.3 is 0 Å². The van der Waals surface area contributed by atoms with E-state index in [1.54, 1.807) is 0 Å². The standard InChI is InChI=1S/C19H28N4O/c24-18-5-4-17(19(22-18)8-2-9-19)21-16-6-11-23(12-7-16)14-15-3-1-10-20-13-15/h1,3,10,13,16-17,21H,2,4-9,11-12,14H2,(H,22,24). The van der Waals surface area contributed by atoms with Crippen LogP contribution in [0.2, 0.25) is 0 Å². The predicted octanol–water partition coefficient (Wildman–Crippen LogP) is 1.84. The molecule has 4 rings (SSSR count). The van der Waals surface area contributed by atoms with Gasteiger partial charge < -0.3 is 10.6 Å². The molecule has 5 heteroatoms. The van der Waals surface area contributed by atoms with Gasteiger partial charge in [0.15, 0.2) is 0 Å². The first-order valence-electron chi connectivity index (χ1n) is 9.42. The molecule has 3 fully saturated rings. The molecule has 2 saturated heterocycles. The molecule has 1 aromatic heterocycles. The monoisotopic (exact) mass is 328 g/mol. The molecule has 0 aromatic carbocycles. The zero-order valence-electron chi connectivity index (χ0n) is 14.3. The number of carbonyl (C=O) groups is 1. The van der Waals surface area contributed by atoms with Gasteiger partial charge in [-0.15, -0.1) is 0 Å². The second kappa shape index (κ2) is 6.81. The minimum atomic E-state index is 0.0716. The summed E-state index contributed by atoms with van der Waals surface area (Å²) in [7, 11) is 0. The van der Waals surface area contributed by atoms with Gasteiger partial charge in [0.25, 0.3) is 0 Å². The van der Waals surface area contributed by atoms with E-state index in [4.69, 9.17) is 0 Å². The summed E-state index contributed by atoms with van der Waals surface area (Å²) in [6.45, 7) is 3.28. The summed E-state index contributed by atoms with van der Waals surface area (Å²) in [5.74, 6) is 0.249. The Morgan fingerprint density at radius 3 is 2.79 bits per heavy atom. The molecular formula is C19H28N4O. The number of aromatic nitrogens is 1. The van der Waals surface area contributed by atoms with E-state index in [1.807, 2.05) is 18.5 Å². The van der Waals surface area contributed by atoms with Gasteiger partial charge in [-0.05, 0) is 63.2 Å². The van der Waals surface area contributed by atoms with E-state index in [2.05, 4.69) is 26.6 Å². The molecule has 1 atom stereocenters. The predicted molar refractivity (Wildman–Crippen MR) is 93.4 cm³/mol. The number of piperidine rings is 2. The number of nitrogens with zero attached hydrogens (tertiary/aromatic N) is 2. The number of rotatable bonds is 4. The first-order valence-corrected chi connectivity index (χ1v) is 9.42. The first-order chi connectivity index (χ1) is 11.7. The number of carbonyl (C=O) groups excluding carboxylic acids is 1. The van der Waals surface area contributed by atoms with E-state index >= 15 is 0 Å². The maximum absolute atomic E-state index is 11.8. The molecule has 2 N–H and O–H groups in total. The summed E-state index contributed by atoms with van der Waals surface area (Å²) in [6.07, 6.45) is 11.4. The number of hydrogen-bond donors (Lipinski definition) is 2. The molecule has 0 bridgehead atoms. The molecule has 1 unspecified atom stereocenters. The zero-order valence-corrected chi connectivity index (χ0v) is 14.3. The Balaban J connectivity index is 1.28. The second-order valence-electron chi connectivity index (χ2n) is 7.73. The van der Waals surface area contributed by atoms with Crippen molar-refractivity contribution in [3.63, 3.8) is 0 Å². The molecule has 1 saturated carbocycles. The van der Waals surface area contributed by atoms with Gasteiger partial charge in [-0.3, -0.25) is 14.7 Å². The highest BCUT2D eigenvalue weighted by Crippen LogP contribution is 2.39. The number of pyridine rings is 1. The molecule has 24 heavy (non-hydrogen) atoms. The van der Waals surface area contributed by atoms with Crippen LogP contribution in [-0.4, -0.2) is 46.5 Å². The Bertz CT molecular complexity index is 564. The highest BCUT2D eigenvalue weighted by atomic mass is 16.1. The molecule has 2 aliphatic heterocycles. The first kappa shape index (κ1) is 16.0.